The third kappa shape index (κ3) is 5.77. The Balaban J connectivity index is 1.41. The molecule has 0 amide bonds. The van der Waals surface area contributed by atoms with Gasteiger partial charge in [0.15, 0.2) is 0 Å². The Morgan fingerprint density at radius 2 is 1.71 bits per heavy atom. The number of hydrogen-bond donors (Lipinski definition) is 0. The van der Waals surface area contributed by atoms with E-state index in [-0.39, 0.29) is 30.3 Å². The SMILES string of the molecule is O=S1(=O)c2ccc(Br)cc2OC[C@H](Cc2ccccc2)N1Cc1cn(Cc2ccc(C(F)(F)F)cc2)nn1. The number of sulfonamides is 1. The highest BCUT2D eigenvalue weighted by Crippen LogP contribution is 2.35. The maximum Gasteiger partial charge on any atom is 0.416 e. The second-order valence-corrected chi connectivity index (χ2v) is 11.7. The first kappa shape index (κ1) is 26.4. The molecule has 0 fully saturated rings. The maximum atomic E-state index is 13.8. The van der Waals surface area contributed by atoms with Gasteiger partial charge in [-0.25, -0.2) is 13.1 Å². The predicted molar refractivity (Wildman–Crippen MR) is 137 cm³/mol. The molecule has 1 aliphatic heterocycles. The van der Waals surface area contributed by atoms with Crippen LogP contribution in [0.25, 0.3) is 0 Å². The molecule has 5 rings (SSSR count). The van der Waals surface area contributed by atoms with Crippen molar-refractivity contribution in [3.8, 4) is 5.75 Å². The van der Waals surface area contributed by atoms with Crippen LogP contribution < -0.4 is 4.74 Å². The molecule has 7 nitrogen and oxygen atoms in total. The number of rotatable bonds is 6. The van der Waals surface area contributed by atoms with Gasteiger partial charge in [0.1, 0.15) is 17.3 Å². The summed E-state index contributed by atoms with van der Waals surface area (Å²) >= 11 is 3.37. The fourth-order valence-corrected chi connectivity index (χ4v) is 6.33. The van der Waals surface area contributed by atoms with Gasteiger partial charge in [-0.2, -0.15) is 17.5 Å². The van der Waals surface area contributed by atoms with Crippen LogP contribution in [0.2, 0.25) is 0 Å². The van der Waals surface area contributed by atoms with Crippen molar-refractivity contribution in [3.63, 3.8) is 0 Å². The second kappa shape index (κ2) is 10.5. The lowest BCUT2D eigenvalue weighted by Gasteiger charge is -2.27. The van der Waals surface area contributed by atoms with E-state index in [1.165, 1.54) is 27.2 Å². The Labute approximate surface area is 226 Å². The second-order valence-electron chi connectivity index (χ2n) is 8.90. The van der Waals surface area contributed by atoms with Crippen molar-refractivity contribution in [2.45, 2.75) is 36.6 Å². The van der Waals surface area contributed by atoms with Crippen molar-refractivity contribution in [3.05, 3.63) is 106 Å². The van der Waals surface area contributed by atoms with E-state index in [0.29, 0.717) is 22.2 Å². The van der Waals surface area contributed by atoms with Crippen molar-refractivity contribution in [2.75, 3.05) is 6.61 Å². The lowest BCUT2D eigenvalue weighted by molar-refractivity contribution is -0.137. The van der Waals surface area contributed by atoms with E-state index < -0.39 is 27.8 Å². The first-order valence-electron chi connectivity index (χ1n) is 11.6. The Kier molecular flexibility index (Phi) is 7.30. The predicted octanol–water partition coefficient (Wildman–Crippen LogP) is 5.30. The van der Waals surface area contributed by atoms with Crippen LogP contribution in [0.1, 0.15) is 22.4 Å². The fraction of sp³-hybridized carbons (Fsp3) is 0.231. The highest BCUT2D eigenvalue weighted by Gasteiger charge is 2.38. The molecular formula is C26H22BrF3N4O3S. The molecule has 3 aromatic carbocycles. The lowest BCUT2D eigenvalue weighted by atomic mass is 10.1. The average Bonchev–Trinajstić information content (AvgIpc) is 3.28. The molecule has 1 atom stereocenters. The highest BCUT2D eigenvalue weighted by atomic mass is 79.9. The van der Waals surface area contributed by atoms with Gasteiger partial charge < -0.3 is 4.74 Å². The molecule has 38 heavy (non-hydrogen) atoms. The minimum Gasteiger partial charge on any atom is -0.490 e. The van der Waals surface area contributed by atoms with Gasteiger partial charge in [0.2, 0.25) is 10.0 Å². The molecule has 0 bridgehead atoms. The Morgan fingerprint density at radius 1 is 0.974 bits per heavy atom. The Bertz CT molecular complexity index is 1530. The van der Waals surface area contributed by atoms with Gasteiger partial charge in [-0.15, -0.1) is 5.10 Å². The molecule has 0 saturated carbocycles. The van der Waals surface area contributed by atoms with E-state index >= 15 is 0 Å². The van der Waals surface area contributed by atoms with Gasteiger partial charge in [-0.05, 0) is 47.9 Å². The molecular weight excluding hydrogens is 585 g/mol. The van der Waals surface area contributed by atoms with E-state index in [9.17, 15) is 21.6 Å². The summed E-state index contributed by atoms with van der Waals surface area (Å²) in [6, 6.07) is 18.6. The smallest absolute Gasteiger partial charge is 0.416 e. The zero-order chi connectivity index (χ0) is 26.9. The van der Waals surface area contributed by atoms with Crippen LogP contribution in [0.15, 0.2) is 88.4 Å². The van der Waals surface area contributed by atoms with Crippen LogP contribution >= 0.6 is 15.9 Å². The molecule has 12 heteroatoms. The summed E-state index contributed by atoms with van der Waals surface area (Å²) in [6.45, 7) is 0.272. The lowest BCUT2D eigenvalue weighted by Crippen LogP contribution is -2.42. The first-order valence-corrected chi connectivity index (χ1v) is 13.9. The highest BCUT2D eigenvalue weighted by molar-refractivity contribution is 9.10. The van der Waals surface area contributed by atoms with E-state index in [1.807, 2.05) is 30.3 Å². The summed E-state index contributed by atoms with van der Waals surface area (Å²) in [5, 5.41) is 8.22. The summed E-state index contributed by atoms with van der Waals surface area (Å²) < 4.78 is 75.7. The maximum absolute atomic E-state index is 13.8. The molecule has 0 spiro atoms. The fourth-order valence-electron chi connectivity index (χ4n) is 4.29. The number of hydrogen-bond acceptors (Lipinski definition) is 5. The van der Waals surface area contributed by atoms with E-state index in [0.717, 1.165) is 17.7 Å². The number of benzene rings is 3. The van der Waals surface area contributed by atoms with Crippen molar-refractivity contribution in [1.82, 2.24) is 19.3 Å². The van der Waals surface area contributed by atoms with Gasteiger partial charge in [0.25, 0.3) is 0 Å². The molecule has 0 aliphatic carbocycles. The third-order valence-corrected chi connectivity index (χ3v) is 8.61. The Hall–Kier alpha value is -3.22. The van der Waals surface area contributed by atoms with Crippen LogP contribution in [-0.4, -0.2) is 40.4 Å². The largest absolute Gasteiger partial charge is 0.490 e. The molecule has 1 aromatic heterocycles. The molecule has 2 heterocycles. The van der Waals surface area contributed by atoms with Crippen molar-refractivity contribution < 1.29 is 26.3 Å². The monoisotopic (exact) mass is 606 g/mol. The number of aromatic nitrogens is 3. The van der Waals surface area contributed by atoms with Crippen LogP contribution in [-0.2, 0) is 35.7 Å². The Morgan fingerprint density at radius 3 is 2.42 bits per heavy atom. The summed E-state index contributed by atoms with van der Waals surface area (Å²) in [5.74, 6) is 0.269. The quantitative estimate of drug-likeness (QED) is 0.298. The number of ether oxygens (including phenoxy) is 1. The summed E-state index contributed by atoms with van der Waals surface area (Å²) in [7, 11) is -3.97. The third-order valence-electron chi connectivity index (χ3n) is 6.17. The number of halogens is 4. The van der Waals surface area contributed by atoms with Crippen molar-refractivity contribution in [1.29, 1.82) is 0 Å². The van der Waals surface area contributed by atoms with Gasteiger partial charge in [-0.1, -0.05) is 63.6 Å². The van der Waals surface area contributed by atoms with E-state index in [2.05, 4.69) is 26.2 Å². The van der Waals surface area contributed by atoms with E-state index in [1.54, 1.807) is 18.3 Å². The van der Waals surface area contributed by atoms with Gasteiger partial charge in [-0.3, -0.25) is 0 Å². The molecule has 1 aliphatic rings. The first-order chi connectivity index (χ1) is 18.1. The van der Waals surface area contributed by atoms with Crippen LogP contribution in [0.4, 0.5) is 13.2 Å². The zero-order valence-electron chi connectivity index (χ0n) is 19.8. The summed E-state index contributed by atoms with van der Waals surface area (Å²) in [6.07, 6.45) is -2.39. The average molecular weight is 607 g/mol. The number of fused-ring (bicyclic) bond motifs is 1. The summed E-state index contributed by atoms with van der Waals surface area (Å²) in [4.78, 5) is 0.0633. The standard InChI is InChI=1S/C26H22BrF3N4O3S/c27-21-10-11-25-24(13-21)37-17-23(12-18-4-2-1-3-5-18)34(38(25,35)36)16-22-15-33(32-31-22)14-19-6-8-20(9-7-19)26(28,29)30/h1-11,13,15,23H,12,14,16-17H2/t23-/m0/s1. The van der Waals surface area contributed by atoms with Crippen LogP contribution in [0.5, 0.6) is 5.75 Å². The molecule has 198 valence electrons. The minimum atomic E-state index is -4.41. The normalized spacial score (nSPS) is 17.4. The van der Waals surface area contributed by atoms with Crippen molar-refractivity contribution in [2.24, 2.45) is 0 Å². The van der Waals surface area contributed by atoms with Gasteiger partial charge in [0.05, 0.1) is 36.6 Å². The number of alkyl halides is 3. The summed E-state index contributed by atoms with van der Waals surface area (Å²) in [5.41, 5.74) is 1.23. The van der Waals surface area contributed by atoms with E-state index in [4.69, 9.17) is 4.74 Å². The van der Waals surface area contributed by atoms with Crippen molar-refractivity contribution >= 4 is 26.0 Å². The minimum absolute atomic E-state index is 0.0499. The number of nitrogens with zero attached hydrogens (tertiary/aromatic N) is 4. The van der Waals surface area contributed by atoms with Gasteiger partial charge >= 0.3 is 6.18 Å². The topological polar surface area (TPSA) is 77.3 Å². The zero-order valence-corrected chi connectivity index (χ0v) is 22.2. The molecule has 0 radical (unpaired) electrons. The van der Waals surface area contributed by atoms with Gasteiger partial charge in [0, 0.05) is 4.47 Å². The molecule has 0 N–H and O–H groups in total. The molecule has 4 aromatic rings. The van der Waals surface area contributed by atoms with Crippen LogP contribution in [0.3, 0.4) is 0 Å². The molecule has 0 unspecified atom stereocenters. The van der Waals surface area contributed by atoms with Crippen LogP contribution in [0, 0.1) is 0 Å². The molecule has 0 saturated heterocycles.